The number of hydrogen-bond acceptors (Lipinski definition) is 5. The van der Waals surface area contributed by atoms with Gasteiger partial charge in [-0.1, -0.05) is 12.1 Å². The van der Waals surface area contributed by atoms with Gasteiger partial charge in [-0.15, -0.1) is 0 Å². The number of rotatable bonds is 8. The van der Waals surface area contributed by atoms with Crippen LogP contribution in [-0.2, 0) is 4.74 Å². The van der Waals surface area contributed by atoms with E-state index in [-0.39, 0.29) is 16.9 Å². The molecule has 154 valence electrons. The largest absolute Gasteiger partial charge is 0.496 e. The first-order chi connectivity index (χ1) is 14.0. The first-order valence-electron chi connectivity index (χ1n) is 8.78. The fourth-order valence-electron chi connectivity index (χ4n) is 2.44. The minimum Gasteiger partial charge on any atom is -0.496 e. The molecule has 0 bridgehead atoms. The molecule has 2 aromatic carbocycles. The molecule has 0 saturated carbocycles. The zero-order chi connectivity index (χ0) is 21.2. The lowest BCUT2D eigenvalue weighted by Crippen LogP contribution is -2.35. The predicted molar refractivity (Wildman–Crippen MR) is 120 cm³/mol. The number of nitrogens with one attached hydrogen (secondary N) is 3. The molecule has 0 aliphatic carbocycles. The third-order valence-corrected chi connectivity index (χ3v) is 4.70. The van der Waals surface area contributed by atoms with E-state index in [4.69, 9.17) is 21.7 Å². The number of thiocarbonyl (C=S) groups is 1. The predicted octanol–water partition coefficient (Wildman–Crippen LogP) is 3.35. The number of anilines is 1. The average molecular weight is 480 g/mol. The van der Waals surface area contributed by atoms with E-state index in [0.29, 0.717) is 46.6 Å². The quantitative estimate of drug-likeness (QED) is 0.397. The third-order valence-electron chi connectivity index (χ3n) is 3.87. The molecule has 0 aliphatic heterocycles. The summed E-state index contributed by atoms with van der Waals surface area (Å²) < 4.78 is 10.8. The summed E-state index contributed by atoms with van der Waals surface area (Å²) in [6, 6.07) is 11.9. The van der Waals surface area contributed by atoms with E-state index in [1.165, 1.54) is 0 Å². The van der Waals surface area contributed by atoms with Gasteiger partial charge in [-0.25, -0.2) is 0 Å². The summed E-state index contributed by atoms with van der Waals surface area (Å²) in [5.74, 6) is -0.00236. The van der Waals surface area contributed by atoms with Crippen LogP contribution in [0.25, 0.3) is 0 Å². The van der Waals surface area contributed by atoms with E-state index in [1.807, 2.05) is 0 Å². The van der Waals surface area contributed by atoms with Gasteiger partial charge < -0.3 is 20.1 Å². The highest BCUT2D eigenvalue weighted by Crippen LogP contribution is 2.25. The molecule has 0 saturated heterocycles. The van der Waals surface area contributed by atoms with Gasteiger partial charge in [0.2, 0.25) is 0 Å². The number of carbonyl (C=O) groups excluding carboxylic acids is 2. The van der Waals surface area contributed by atoms with Gasteiger partial charge in [-0.05, 0) is 64.9 Å². The van der Waals surface area contributed by atoms with Gasteiger partial charge in [0.15, 0.2) is 5.11 Å². The van der Waals surface area contributed by atoms with E-state index in [1.54, 1.807) is 56.7 Å². The van der Waals surface area contributed by atoms with Gasteiger partial charge in [0.05, 0.1) is 22.8 Å². The average Bonchev–Trinajstić information content (AvgIpc) is 2.71. The summed E-state index contributed by atoms with van der Waals surface area (Å²) in [5.41, 5.74) is 1.33. The monoisotopic (exact) mass is 479 g/mol. The Morgan fingerprint density at radius 3 is 2.55 bits per heavy atom. The van der Waals surface area contributed by atoms with Crippen LogP contribution in [0.3, 0.4) is 0 Å². The lowest BCUT2D eigenvalue weighted by Gasteiger charge is -2.14. The van der Waals surface area contributed by atoms with Crippen LogP contribution in [0.4, 0.5) is 5.69 Å². The molecule has 3 N–H and O–H groups in total. The number of ether oxygens (including phenoxy) is 2. The number of amides is 2. The maximum Gasteiger partial charge on any atom is 0.257 e. The molecule has 0 fully saturated rings. The summed E-state index contributed by atoms with van der Waals surface area (Å²) in [5, 5.41) is 8.42. The van der Waals surface area contributed by atoms with Crippen molar-refractivity contribution in [1.29, 1.82) is 0 Å². The number of carbonyl (C=O) groups is 2. The van der Waals surface area contributed by atoms with Crippen molar-refractivity contribution in [2.75, 3.05) is 32.7 Å². The number of hydrogen-bond donors (Lipinski definition) is 3. The fourth-order valence-corrected chi connectivity index (χ4v) is 3.18. The molecular formula is C20H22BrN3O4S. The van der Waals surface area contributed by atoms with Crippen LogP contribution >= 0.6 is 28.1 Å². The molecule has 0 heterocycles. The third kappa shape index (κ3) is 6.81. The molecule has 0 aromatic heterocycles. The van der Waals surface area contributed by atoms with Crippen LogP contribution < -0.4 is 20.7 Å². The maximum atomic E-state index is 12.4. The molecule has 29 heavy (non-hydrogen) atoms. The molecule has 9 heteroatoms. The lowest BCUT2D eigenvalue weighted by atomic mass is 10.1. The summed E-state index contributed by atoms with van der Waals surface area (Å²) >= 11 is 8.58. The smallest absolute Gasteiger partial charge is 0.257 e. The zero-order valence-electron chi connectivity index (χ0n) is 16.1. The lowest BCUT2D eigenvalue weighted by molar-refractivity contribution is 0.0947. The normalized spacial score (nSPS) is 10.2. The van der Waals surface area contributed by atoms with E-state index >= 15 is 0 Å². The Labute approximate surface area is 183 Å². The van der Waals surface area contributed by atoms with E-state index in [2.05, 4.69) is 31.9 Å². The molecule has 0 radical (unpaired) electrons. The highest BCUT2D eigenvalue weighted by atomic mass is 79.9. The van der Waals surface area contributed by atoms with Crippen molar-refractivity contribution in [2.24, 2.45) is 0 Å². The second-order valence-corrected chi connectivity index (χ2v) is 7.17. The number of halogens is 1. The Morgan fingerprint density at radius 2 is 1.86 bits per heavy atom. The molecule has 0 atom stereocenters. The van der Waals surface area contributed by atoms with Crippen LogP contribution in [0.1, 0.15) is 27.1 Å². The van der Waals surface area contributed by atoms with Crippen molar-refractivity contribution < 1.29 is 19.1 Å². The van der Waals surface area contributed by atoms with Crippen LogP contribution in [0.2, 0.25) is 0 Å². The Kier molecular flexibility index (Phi) is 9.04. The molecule has 0 spiro atoms. The van der Waals surface area contributed by atoms with Crippen LogP contribution in [0, 0.1) is 0 Å². The van der Waals surface area contributed by atoms with Crippen molar-refractivity contribution in [2.45, 2.75) is 6.42 Å². The highest BCUT2D eigenvalue weighted by Gasteiger charge is 2.14. The standard InChI is InChI=1S/C20H22BrN3O4S/c1-27-11-5-10-22-19(26)14-6-3-4-7-16(14)23-20(29)24-18(25)13-8-9-17(28-2)15(21)12-13/h3-4,6-9,12H,5,10-11H2,1-2H3,(H,22,26)(H2,23,24,25,29). The minimum absolute atomic E-state index is 0.0848. The molecule has 2 rings (SSSR count). The van der Waals surface area contributed by atoms with Gasteiger partial charge in [0.1, 0.15) is 5.75 Å². The van der Waals surface area contributed by atoms with Crippen LogP contribution in [0.5, 0.6) is 5.75 Å². The molecule has 0 unspecified atom stereocenters. The van der Waals surface area contributed by atoms with Gasteiger partial charge in [0, 0.05) is 25.8 Å². The summed E-state index contributed by atoms with van der Waals surface area (Å²) in [6.45, 7) is 1.06. The molecule has 0 aliphatic rings. The molecule has 2 aromatic rings. The minimum atomic E-state index is -0.382. The fraction of sp³-hybridized carbons (Fsp3) is 0.250. The first-order valence-corrected chi connectivity index (χ1v) is 9.98. The second-order valence-electron chi connectivity index (χ2n) is 5.91. The van der Waals surface area contributed by atoms with Gasteiger partial charge in [-0.2, -0.15) is 0 Å². The van der Waals surface area contributed by atoms with Gasteiger partial charge in [-0.3, -0.25) is 14.9 Å². The van der Waals surface area contributed by atoms with E-state index in [0.717, 1.165) is 0 Å². The van der Waals surface area contributed by atoms with Crippen molar-refractivity contribution >= 4 is 50.8 Å². The molecule has 2 amide bonds. The Morgan fingerprint density at radius 1 is 1.10 bits per heavy atom. The first kappa shape index (κ1) is 22.8. The Hall–Kier alpha value is -2.49. The van der Waals surface area contributed by atoms with Crippen LogP contribution in [0.15, 0.2) is 46.9 Å². The summed E-state index contributed by atoms with van der Waals surface area (Å²) in [4.78, 5) is 24.8. The van der Waals surface area contributed by atoms with E-state index in [9.17, 15) is 9.59 Å². The van der Waals surface area contributed by atoms with Crippen LogP contribution in [-0.4, -0.2) is 44.3 Å². The van der Waals surface area contributed by atoms with Crippen molar-refractivity contribution in [3.8, 4) is 5.75 Å². The number of methoxy groups -OCH3 is 2. The van der Waals surface area contributed by atoms with Gasteiger partial charge >= 0.3 is 0 Å². The highest BCUT2D eigenvalue weighted by molar-refractivity contribution is 9.10. The Bertz CT molecular complexity index is 892. The van der Waals surface area contributed by atoms with Crippen molar-refractivity contribution in [1.82, 2.24) is 10.6 Å². The molecule has 7 nitrogen and oxygen atoms in total. The van der Waals surface area contributed by atoms with Crippen molar-refractivity contribution in [3.63, 3.8) is 0 Å². The zero-order valence-corrected chi connectivity index (χ0v) is 18.5. The number of benzene rings is 2. The second kappa shape index (κ2) is 11.5. The Balaban J connectivity index is 2.01. The molecular weight excluding hydrogens is 458 g/mol. The van der Waals surface area contributed by atoms with Crippen molar-refractivity contribution in [3.05, 3.63) is 58.1 Å². The van der Waals surface area contributed by atoms with Gasteiger partial charge in [0.25, 0.3) is 11.8 Å². The summed E-state index contributed by atoms with van der Waals surface area (Å²) in [7, 11) is 3.16. The van der Waals surface area contributed by atoms with E-state index < -0.39 is 0 Å². The maximum absolute atomic E-state index is 12.4. The SMILES string of the molecule is COCCCNC(=O)c1ccccc1NC(=S)NC(=O)c1ccc(OC)c(Br)c1. The topological polar surface area (TPSA) is 88.7 Å². The number of para-hydroxylation sites is 1. The summed E-state index contributed by atoms with van der Waals surface area (Å²) in [6.07, 6.45) is 0.712.